The summed E-state index contributed by atoms with van der Waals surface area (Å²) in [6.45, 7) is 15.8. The Labute approximate surface area is 253 Å². The molecule has 0 radical (unpaired) electrons. The molecule has 2 bridgehead atoms. The van der Waals surface area contributed by atoms with E-state index in [1.54, 1.807) is 38.6 Å². The summed E-state index contributed by atoms with van der Waals surface area (Å²) in [7, 11) is 1.69. The van der Waals surface area contributed by atoms with Gasteiger partial charge in [-0.15, -0.1) is 18.3 Å². The number of likely N-dealkylation sites (tertiary alicyclic amines) is 1. The van der Waals surface area contributed by atoms with Crippen LogP contribution in [0.3, 0.4) is 0 Å². The summed E-state index contributed by atoms with van der Waals surface area (Å²) >= 11 is 0. The maximum Gasteiger partial charge on any atom is 0.250 e. The van der Waals surface area contributed by atoms with Gasteiger partial charge in [-0.25, -0.2) is 4.68 Å². The lowest BCUT2D eigenvalue weighted by atomic mass is 9.62. The van der Waals surface area contributed by atoms with Crippen LogP contribution in [0.5, 0.6) is 0 Å². The zero-order chi connectivity index (χ0) is 31.3. The highest BCUT2D eigenvalue weighted by molar-refractivity contribution is 5.99. The maximum absolute atomic E-state index is 14.9. The molecule has 3 amide bonds. The van der Waals surface area contributed by atoms with Crippen LogP contribution in [0.1, 0.15) is 40.5 Å². The number of fused-ring (bicyclic) bond motifs is 2. The van der Waals surface area contributed by atoms with Gasteiger partial charge in [-0.2, -0.15) is 0 Å². The SMILES string of the molecule is C=CCN(C)C(=O)[C@H]1[C@H]2C(=O)N([C@@H](CO)[C@@H](C)CC)C(C(=O)N(CC=C)Cn3nnc4ccccc43)C23CC(C)[C@]1(C)O3. The van der Waals surface area contributed by atoms with Crippen molar-refractivity contribution in [1.82, 2.24) is 29.7 Å². The van der Waals surface area contributed by atoms with Crippen LogP contribution in [0.4, 0.5) is 0 Å². The monoisotopic (exact) mass is 592 g/mol. The first-order chi connectivity index (χ1) is 20.5. The van der Waals surface area contributed by atoms with Crippen molar-refractivity contribution < 1.29 is 24.2 Å². The van der Waals surface area contributed by atoms with Crippen LogP contribution < -0.4 is 0 Å². The minimum absolute atomic E-state index is 0.0784. The lowest BCUT2D eigenvalue weighted by Gasteiger charge is -2.41. The molecule has 1 N–H and O–H groups in total. The van der Waals surface area contributed by atoms with Crippen molar-refractivity contribution in [3.8, 4) is 0 Å². The number of para-hydroxylation sites is 1. The van der Waals surface area contributed by atoms with Gasteiger partial charge in [0, 0.05) is 20.1 Å². The van der Waals surface area contributed by atoms with Crippen molar-refractivity contribution in [2.45, 2.75) is 70.5 Å². The average Bonchev–Trinajstić information content (AvgIpc) is 3.66. The highest BCUT2D eigenvalue weighted by Crippen LogP contribution is 2.66. The third-order valence-electron chi connectivity index (χ3n) is 10.3. The van der Waals surface area contributed by atoms with Gasteiger partial charge in [0.2, 0.25) is 17.7 Å². The Kier molecular flexibility index (Phi) is 8.26. The van der Waals surface area contributed by atoms with Crippen molar-refractivity contribution >= 4 is 28.8 Å². The highest BCUT2D eigenvalue weighted by atomic mass is 16.5. The summed E-state index contributed by atoms with van der Waals surface area (Å²) in [5, 5.41) is 19.2. The van der Waals surface area contributed by atoms with E-state index in [0.29, 0.717) is 24.9 Å². The summed E-state index contributed by atoms with van der Waals surface area (Å²) in [6, 6.07) is 5.82. The number of hydrogen-bond acceptors (Lipinski definition) is 7. The highest BCUT2D eigenvalue weighted by Gasteiger charge is 2.80. The number of amides is 3. The van der Waals surface area contributed by atoms with E-state index in [1.165, 1.54) is 0 Å². The number of aliphatic hydroxyl groups excluding tert-OH is 1. The number of hydrogen-bond donors (Lipinski definition) is 1. The van der Waals surface area contributed by atoms with Crippen LogP contribution in [0.25, 0.3) is 11.0 Å². The van der Waals surface area contributed by atoms with E-state index in [4.69, 9.17) is 4.74 Å². The van der Waals surface area contributed by atoms with Gasteiger partial charge in [-0.3, -0.25) is 14.4 Å². The Hall–Kier alpha value is -3.57. The molecule has 0 saturated carbocycles. The second kappa shape index (κ2) is 11.5. The molecule has 3 aliphatic rings. The molecule has 3 fully saturated rings. The first kappa shape index (κ1) is 30.9. The van der Waals surface area contributed by atoms with Gasteiger partial charge in [0.25, 0.3) is 0 Å². The molecule has 0 aliphatic carbocycles. The fourth-order valence-corrected chi connectivity index (χ4v) is 7.75. The molecule has 11 nitrogen and oxygen atoms in total. The van der Waals surface area contributed by atoms with Crippen LogP contribution in [-0.4, -0.2) is 103 Å². The lowest BCUT2D eigenvalue weighted by Crippen LogP contribution is -2.60. The quantitative estimate of drug-likeness (QED) is 0.376. The van der Waals surface area contributed by atoms with Crippen molar-refractivity contribution in [2.24, 2.45) is 23.7 Å². The lowest BCUT2D eigenvalue weighted by molar-refractivity contribution is -0.159. The van der Waals surface area contributed by atoms with Gasteiger partial charge in [-0.1, -0.05) is 56.7 Å². The normalized spacial score (nSPS) is 30.7. The van der Waals surface area contributed by atoms with E-state index < -0.39 is 35.1 Å². The van der Waals surface area contributed by atoms with Crippen LogP contribution in [0, 0.1) is 23.7 Å². The van der Waals surface area contributed by atoms with E-state index in [1.807, 2.05) is 52.0 Å². The largest absolute Gasteiger partial charge is 0.394 e. The molecule has 8 atom stereocenters. The van der Waals surface area contributed by atoms with Gasteiger partial charge in [0.05, 0.1) is 35.6 Å². The first-order valence-electron chi connectivity index (χ1n) is 15.2. The fraction of sp³-hybridized carbons (Fsp3) is 0.594. The Balaban J connectivity index is 1.63. The molecule has 232 valence electrons. The molecule has 3 unspecified atom stereocenters. The summed E-state index contributed by atoms with van der Waals surface area (Å²) in [5.41, 5.74) is -0.704. The number of carbonyl (C=O) groups excluding carboxylic acids is 3. The minimum atomic E-state index is -1.23. The number of ether oxygens (including phenoxy) is 1. The van der Waals surface area contributed by atoms with Gasteiger partial charge in [0.15, 0.2) is 0 Å². The van der Waals surface area contributed by atoms with E-state index in [2.05, 4.69) is 23.5 Å². The zero-order valence-corrected chi connectivity index (χ0v) is 25.8. The molecular formula is C32H44N6O5. The first-order valence-corrected chi connectivity index (χ1v) is 15.2. The number of aliphatic hydroxyl groups is 1. The number of benzene rings is 1. The van der Waals surface area contributed by atoms with E-state index in [0.717, 1.165) is 5.52 Å². The molecule has 1 aromatic carbocycles. The molecule has 4 heterocycles. The molecular weight excluding hydrogens is 548 g/mol. The Morgan fingerprint density at radius 1 is 1.23 bits per heavy atom. The van der Waals surface area contributed by atoms with Crippen molar-refractivity contribution in [2.75, 3.05) is 26.7 Å². The topological polar surface area (TPSA) is 121 Å². The van der Waals surface area contributed by atoms with Crippen molar-refractivity contribution in [3.05, 3.63) is 49.6 Å². The van der Waals surface area contributed by atoms with E-state index in [9.17, 15) is 19.5 Å². The molecule has 1 aromatic heterocycles. The molecule has 1 spiro atoms. The van der Waals surface area contributed by atoms with Crippen LogP contribution in [0.2, 0.25) is 0 Å². The number of rotatable bonds is 12. The van der Waals surface area contributed by atoms with Gasteiger partial charge < -0.3 is 24.5 Å². The fourth-order valence-electron chi connectivity index (χ4n) is 7.75. The molecule has 3 saturated heterocycles. The predicted octanol–water partition coefficient (Wildman–Crippen LogP) is 2.47. The van der Waals surface area contributed by atoms with Crippen LogP contribution in [-0.2, 0) is 25.8 Å². The summed E-state index contributed by atoms with van der Waals surface area (Å²) in [4.78, 5) is 48.3. The van der Waals surface area contributed by atoms with E-state index in [-0.39, 0.29) is 49.4 Å². The molecule has 5 rings (SSSR count). The average molecular weight is 593 g/mol. The van der Waals surface area contributed by atoms with E-state index >= 15 is 0 Å². The van der Waals surface area contributed by atoms with Crippen molar-refractivity contribution in [3.63, 3.8) is 0 Å². The molecule has 11 heteroatoms. The second-order valence-corrected chi connectivity index (χ2v) is 12.7. The Bertz CT molecular complexity index is 1430. The van der Waals surface area contributed by atoms with Crippen molar-refractivity contribution in [1.29, 1.82) is 0 Å². The smallest absolute Gasteiger partial charge is 0.250 e. The summed E-state index contributed by atoms with van der Waals surface area (Å²) in [5.74, 6) is -2.70. The Morgan fingerprint density at radius 2 is 1.93 bits per heavy atom. The van der Waals surface area contributed by atoms with Gasteiger partial charge >= 0.3 is 0 Å². The number of carbonyl (C=O) groups is 3. The number of nitrogens with zero attached hydrogens (tertiary/aromatic N) is 6. The minimum Gasteiger partial charge on any atom is -0.394 e. The number of likely N-dealkylation sites (N-methyl/N-ethyl adjacent to an activating group) is 1. The Morgan fingerprint density at radius 3 is 2.58 bits per heavy atom. The number of aromatic nitrogens is 3. The molecule has 3 aliphatic heterocycles. The zero-order valence-electron chi connectivity index (χ0n) is 25.8. The van der Waals surface area contributed by atoms with Gasteiger partial charge in [0.1, 0.15) is 23.8 Å². The molecule has 43 heavy (non-hydrogen) atoms. The maximum atomic E-state index is 14.9. The standard InChI is InChI=1S/C32H44N6O5/c1-8-15-35(7)28(40)25-26-29(41)38(24(18-39)20(4)10-3)27(32(26)17-21(5)31(25,6)43-32)30(42)36(16-9-2)19-37-23-14-12-11-13-22(23)33-34-37/h8-9,11-14,20-21,24-27,39H,1-2,10,15-19H2,3-7H3/t20-,21?,24-,25+,26-,27?,31-,32?/m0/s1. The summed E-state index contributed by atoms with van der Waals surface area (Å²) in [6.07, 6.45) is 4.41. The summed E-state index contributed by atoms with van der Waals surface area (Å²) < 4.78 is 8.55. The predicted molar refractivity (Wildman–Crippen MR) is 161 cm³/mol. The third-order valence-corrected chi connectivity index (χ3v) is 10.3. The third kappa shape index (κ3) is 4.59. The van der Waals surface area contributed by atoms with Crippen LogP contribution in [0.15, 0.2) is 49.6 Å². The van der Waals surface area contributed by atoms with Crippen LogP contribution >= 0.6 is 0 Å². The second-order valence-electron chi connectivity index (χ2n) is 12.7. The van der Waals surface area contributed by atoms with Gasteiger partial charge in [-0.05, 0) is 37.3 Å². The molecule has 2 aromatic rings.